The van der Waals surface area contributed by atoms with Crippen LogP contribution in [0.5, 0.6) is 0 Å². The molecule has 2 aromatic rings. The van der Waals surface area contributed by atoms with Crippen LogP contribution in [0.25, 0.3) is 11.2 Å². The van der Waals surface area contributed by atoms with Gasteiger partial charge in [0.05, 0.1) is 17.4 Å². The molecule has 1 aliphatic rings. The molecule has 0 saturated carbocycles. The molecule has 1 amide bonds. The molecule has 0 spiro atoms. The lowest BCUT2D eigenvalue weighted by Gasteiger charge is -2.17. The van der Waals surface area contributed by atoms with Crippen molar-refractivity contribution in [2.75, 3.05) is 29.4 Å². The fourth-order valence-corrected chi connectivity index (χ4v) is 5.19. The van der Waals surface area contributed by atoms with Crippen molar-refractivity contribution in [2.24, 2.45) is 0 Å². The summed E-state index contributed by atoms with van der Waals surface area (Å²) in [4.78, 5) is 50.5. The number of hydrogen-bond acceptors (Lipinski definition) is 12. The Morgan fingerprint density at radius 1 is 1.14 bits per heavy atom. The molecule has 1 aliphatic heterocycles. The van der Waals surface area contributed by atoms with E-state index in [9.17, 15) is 29.0 Å². The van der Waals surface area contributed by atoms with Gasteiger partial charge in [0, 0.05) is 13.1 Å². The van der Waals surface area contributed by atoms with Gasteiger partial charge in [-0.15, -0.1) is 0 Å². The first-order valence-corrected chi connectivity index (χ1v) is 15.0. The Balaban J connectivity index is 1.62. The first kappa shape index (κ1) is 29.2. The van der Waals surface area contributed by atoms with Crippen LogP contribution in [0.1, 0.15) is 19.1 Å². The molecule has 36 heavy (non-hydrogen) atoms. The van der Waals surface area contributed by atoms with Gasteiger partial charge in [0.1, 0.15) is 24.6 Å². The van der Waals surface area contributed by atoms with Crippen molar-refractivity contribution in [3.63, 3.8) is 0 Å². The number of aliphatic hydroxyl groups is 2. The minimum Gasteiger partial charge on any atom is -0.387 e. The van der Waals surface area contributed by atoms with Crippen LogP contribution in [0.4, 0.5) is 5.82 Å². The van der Waals surface area contributed by atoms with Crippen molar-refractivity contribution < 1.29 is 52.4 Å². The van der Waals surface area contributed by atoms with E-state index >= 15 is 0 Å². The van der Waals surface area contributed by atoms with Gasteiger partial charge in [0.15, 0.2) is 23.2 Å². The van der Waals surface area contributed by atoms with E-state index in [-0.39, 0.29) is 11.6 Å². The number of nitrogens with zero attached hydrogens (tertiary/aromatic N) is 4. The number of hydrogen-bond donors (Lipinski definition) is 7. The van der Waals surface area contributed by atoms with Crippen molar-refractivity contribution in [3.8, 4) is 0 Å². The summed E-state index contributed by atoms with van der Waals surface area (Å²) >= 11 is 1.98. The standard InChI is InChI=1S/C16H25IN6O11P2/c17-5-10(24)18-3-1-2-4-19-14-11-15(21-7-20-14)23(8-22-11)16-13(26)12(25)9(33-16)6-32-36(30,31)34-35(27,28)29/h7-9,12-13,16,25-26H,1-6H2,(H,18,24)(H,30,31)(H,19,20,21)(H2,27,28,29)/t9-,12-,13-,16-/m1/s1. The highest BCUT2D eigenvalue weighted by Gasteiger charge is 2.46. The van der Waals surface area contributed by atoms with Crippen LogP contribution in [-0.2, 0) is 27.5 Å². The van der Waals surface area contributed by atoms with Crippen LogP contribution in [0, 0.1) is 0 Å². The van der Waals surface area contributed by atoms with E-state index in [2.05, 4.69) is 34.4 Å². The third-order valence-electron chi connectivity index (χ3n) is 4.92. The summed E-state index contributed by atoms with van der Waals surface area (Å²) in [5, 5.41) is 26.7. The number of carbonyl (C=O) groups excluding carboxylic acids is 1. The number of carbonyl (C=O) groups is 1. The Bertz CT molecular complexity index is 1150. The minimum absolute atomic E-state index is 0.0262. The van der Waals surface area contributed by atoms with Crippen LogP contribution < -0.4 is 10.6 Å². The summed E-state index contributed by atoms with van der Waals surface area (Å²) in [6, 6.07) is 0. The second-order valence-corrected chi connectivity index (χ2v) is 11.1. The summed E-state index contributed by atoms with van der Waals surface area (Å²) in [6.45, 7) is 0.269. The average molecular weight is 666 g/mol. The maximum Gasteiger partial charge on any atom is 0.481 e. The summed E-state index contributed by atoms with van der Waals surface area (Å²) in [7, 11) is -10.5. The summed E-state index contributed by atoms with van der Waals surface area (Å²) in [6.07, 6.45) is -1.62. The summed E-state index contributed by atoms with van der Waals surface area (Å²) < 4.78 is 37.9. The SMILES string of the molecule is O=C(CI)NCCCCNc1ncnc2c1ncn2[C@@H]1O[C@H](COP(=O)(O)OP(=O)(O)O)[C@@H](O)[C@H]1O. The van der Waals surface area contributed by atoms with Crippen molar-refractivity contribution >= 4 is 61.1 Å². The van der Waals surface area contributed by atoms with Gasteiger partial charge in [-0.2, -0.15) is 4.31 Å². The molecule has 20 heteroatoms. The number of nitrogens with one attached hydrogen (secondary N) is 2. The van der Waals surface area contributed by atoms with E-state index in [1.54, 1.807) is 0 Å². The molecule has 2 aromatic heterocycles. The monoisotopic (exact) mass is 666 g/mol. The summed E-state index contributed by atoms with van der Waals surface area (Å²) in [5.74, 6) is 0.389. The van der Waals surface area contributed by atoms with Crippen molar-refractivity contribution in [3.05, 3.63) is 12.7 Å². The van der Waals surface area contributed by atoms with Crippen molar-refractivity contribution in [2.45, 2.75) is 37.4 Å². The Labute approximate surface area is 217 Å². The molecular formula is C16H25IN6O11P2. The fraction of sp³-hybridized carbons (Fsp3) is 0.625. The smallest absolute Gasteiger partial charge is 0.387 e. The normalized spacial score (nSPS) is 24.1. The maximum atomic E-state index is 11.6. The predicted octanol–water partition coefficient (Wildman–Crippen LogP) is -0.585. The number of halogens is 1. The number of fused-ring (bicyclic) bond motifs is 1. The highest BCUT2D eigenvalue weighted by atomic mass is 127. The summed E-state index contributed by atoms with van der Waals surface area (Å²) in [5.41, 5.74) is 0.618. The number of ether oxygens (including phenoxy) is 1. The van der Waals surface area contributed by atoms with Gasteiger partial charge in [0.25, 0.3) is 0 Å². The van der Waals surface area contributed by atoms with E-state index in [1.165, 1.54) is 17.2 Å². The first-order chi connectivity index (χ1) is 16.9. The number of phosphoric acid groups is 2. The number of phosphoric ester groups is 1. The number of alkyl halides is 1. The molecular weight excluding hydrogens is 641 g/mol. The zero-order chi connectivity index (χ0) is 26.5. The fourth-order valence-electron chi connectivity index (χ4n) is 3.32. The van der Waals surface area contributed by atoms with Gasteiger partial charge in [-0.1, -0.05) is 22.6 Å². The molecule has 0 bridgehead atoms. The molecule has 1 fully saturated rings. The molecule has 7 N–H and O–H groups in total. The third kappa shape index (κ3) is 7.84. The molecule has 17 nitrogen and oxygen atoms in total. The van der Waals surface area contributed by atoms with Crippen LogP contribution in [0.3, 0.4) is 0 Å². The largest absolute Gasteiger partial charge is 0.481 e. The molecule has 202 valence electrons. The maximum absolute atomic E-state index is 11.6. The van der Waals surface area contributed by atoms with Gasteiger partial charge in [0.2, 0.25) is 5.91 Å². The molecule has 1 unspecified atom stereocenters. The number of aliphatic hydroxyl groups excluding tert-OH is 2. The lowest BCUT2D eigenvalue weighted by atomic mass is 10.1. The quantitative estimate of drug-likeness (QED) is 0.0612. The number of anilines is 1. The molecule has 0 radical (unpaired) electrons. The second kappa shape index (κ2) is 12.5. The van der Waals surface area contributed by atoms with Gasteiger partial charge in [-0.25, -0.2) is 24.1 Å². The Morgan fingerprint density at radius 3 is 2.56 bits per heavy atom. The highest BCUT2D eigenvalue weighted by molar-refractivity contribution is 14.1. The third-order valence-corrected chi connectivity index (χ3v) is 7.77. The number of rotatable bonds is 13. The van der Waals surface area contributed by atoms with Gasteiger partial charge < -0.3 is 40.3 Å². The van der Waals surface area contributed by atoms with E-state index < -0.39 is 46.8 Å². The number of imidazole rings is 1. The lowest BCUT2D eigenvalue weighted by molar-refractivity contribution is -0.118. The zero-order valence-corrected chi connectivity index (χ0v) is 22.4. The molecule has 3 heterocycles. The number of unbranched alkanes of at least 4 members (excludes halogenated alkanes) is 1. The molecule has 5 atom stereocenters. The predicted molar refractivity (Wildman–Crippen MR) is 130 cm³/mol. The van der Waals surface area contributed by atoms with Gasteiger partial charge >= 0.3 is 15.6 Å². The first-order valence-electron chi connectivity index (χ1n) is 10.4. The second-order valence-electron chi connectivity index (χ2n) is 7.55. The van der Waals surface area contributed by atoms with Crippen LogP contribution >= 0.6 is 38.2 Å². The van der Waals surface area contributed by atoms with Crippen molar-refractivity contribution in [1.29, 1.82) is 0 Å². The van der Waals surface area contributed by atoms with Gasteiger partial charge in [-0.05, 0) is 12.8 Å². The highest BCUT2D eigenvalue weighted by Crippen LogP contribution is 2.57. The molecule has 3 rings (SSSR count). The van der Waals surface area contributed by atoms with E-state index in [0.717, 1.165) is 12.8 Å². The molecule has 0 aromatic carbocycles. The Hall–Kier alpha value is -1.31. The van der Waals surface area contributed by atoms with E-state index in [1.807, 2.05) is 22.6 Å². The Kier molecular flexibility index (Phi) is 10.1. The lowest BCUT2D eigenvalue weighted by Crippen LogP contribution is -2.33. The van der Waals surface area contributed by atoms with Crippen LogP contribution in [-0.4, -0.2) is 92.8 Å². The van der Waals surface area contributed by atoms with E-state index in [0.29, 0.717) is 28.9 Å². The van der Waals surface area contributed by atoms with Crippen molar-refractivity contribution in [1.82, 2.24) is 24.8 Å². The minimum atomic E-state index is -5.32. The van der Waals surface area contributed by atoms with Crippen LogP contribution in [0.2, 0.25) is 0 Å². The van der Waals surface area contributed by atoms with E-state index in [4.69, 9.17) is 14.5 Å². The topological polar surface area (TPSA) is 248 Å². The molecule has 0 aliphatic carbocycles. The van der Waals surface area contributed by atoms with Crippen LogP contribution in [0.15, 0.2) is 12.7 Å². The zero-order valence-electron chi connectivity index (χ0n) is 18.5. The van der Waals surface area contributed by atoms with Gasteiger partial charge in [-0.3, -0.25) is 13.9 Å². The Morgan fingerprint density at radius 2 is 1.86 bits per heavy atom. The number of aromatic nitrogens is 4. The average Bonchev–Trinajstić information content (AvgIpc) is 3.34. The molecule has 1 saturated heterocycles. The number of amides is 1.